The fraction of sp³-hybridized carbons (Fsp3) is 0.0769. The predicted octanol–water partition coefficient (Wildman–Crippen LogP) is 0.382. The Balaban J connectivity index is 1.64. The molecule has 0 aromatic carbocycles. The Hall–Kier alpha value is -3.16. The lowest BCUT2D eigenvalue weighted by atomic mass is 10.4. The minimum atomic E-state index is -0.306. The number of hydrogen-bond donors (Lipinski definition) is 1. The molecule has 0 saturated heterocycles. The van der Waals surface area contributed by atoms with E-state index < -0.39 is 0 Å². The highest BCUT2D eigenvalue weighted by atomic mass is 16.1. The standard InChI is InChI=1S/C13H11N7O/c21-13(12-8-15-4-5-16-12)17-6-10-9-20(19-18-10)11-2-1-3-14-7-11/h1-5,7-9H,6H2,(H,17,21). The first kappa shape index (κ1) is 12.9. The van der Waals surface area contributed by atoms with Gasteiger partial charge in [-0.05, 0) is 12.1 Å². The van der Waals surface area contributed by atoms with Gasteiger partial charge in [0.2, 0.25) is 0 Å². The molecular weight excluding hydrogens is 270 g/mol. The van der Waals surface area contributed by atoms with Crippen molar-refractivity contribution in [1.82, 2.24) is 35.3 Å². The van der Waals surface area contributed by atoms with E-state index in [4.69, 9.17) is 0 Å². The van der Waals surface area contributed by atoms with Crippen molar-refractivity contribution in [3.8, 4) is 5.69 Å². The first-order valence-corrected chi connectivity index (χ1v) is 6.19. The molecule has 0 fully saturated rings. The lowest BCUT2D eigenvalue weighted by Gasteiger charge is -2.01. The molecule has 104 valence electrons. The van der Waals surface area contributed by atoms with Gasteiger partial charge in [0, 0.05) is 18.6 Å². The van der Waals surface area contributed by atoms with Crippen molar-refractivity contribution in [2.24, 2.45) is 0 Å². The summed E-state index contributed by atoms with van der Waals surface area (Å²) in [6, 6.07) is 3.68. The van der Waals surface area contributed by atoms with E-state index in [1.54, 1.807) is 23.3 Å². The molecule has 0 aliphatic carbocycles. The quantitative estimate of drug-likeness (QED) is 0.742. The smallest absolute Gasteiger partial charge is 0.271 e. The van der Waals surface area contributed by atoms with Crippen LogP contribution in [0, 0.1) is 0 Å². The highest BCUT2D eigenvalue weighted by Crippen LogP contribution is 2.04. The van der Waals surface area contributed by atoms with Crippen LogP contribution in [0.4, 0.5) is 0 Å². The van der Waals surface area contributed by atoms with Crippen LogP contribution in [0.2, 0.25) is 0 Å². The summed E-state index contributed by atoms with van der Waals surface area (Å²) in [7, 11) is 0. The number of nitrogens with zero attached hydrogens (tertiary/aromatic N) is 6. The highest BCUT2D eigenvalue weighted by molar-refractivity contribution is 5.91. The maximum Gasteiger partial charge on any atom is 0.271 e. The van der Waals surface area contributed by atoms with E-state index in [9.17, 15) is 4.79 Å². The third-order valence-corrected chi connectivity index (χ3v) is 2.68. The summed E-state index contributed by atoms with van der Waals surface area (Å²) in [6.45, 7) is 0.260. The van der Waals surface area contributed by atoms with Crippen LogP contribution in [-0.2, 0) is 6.54 Å². The zero-order chi connectivity index (χ0) is 14.5. The van der Waals surface area contributed by atoms with Gasteiger partial charge < -0.3 is 5.32 Å². The Bertz CT molecular complexity index is 727. The molecule has 8 heteroatoms. The Morgan fingerprint density at radius 1 is 1.19 bits per heavy atom. The monoisotopic (exact) mass is 281 g/mol. The molecule has 0 radical (unpaired) electrons. The molecule has 3 aromatic rings. The van der Waals surface area contributed by atoms with Crippen molar-refractivity contribution >= 4 is 5.91 Å². The number of carbonyl (C=O) groups excluding carboxylic acids is 1. The lowest BCUT2D eigenvalue weighted by molar-refractivity contribution is 0.0945. The number of amides is 1. The summed E-state index contributed by atoms with van der Waals surface area (Å²) in [4.78, 5) is 23.6. The van der Waals surface area contributed by atoms with Crippen LogP contribution in [-0.4, -0.2) is 35.9 Å². The summed E-state index contributed by atoms with van der Waals surface area (Å²) in [6.07, 6.45) is 9.47. The molecule has 0 spiro atoms. The molecule has 1 amide bonds. The van der Waals surface area contributed by atoms with Gasteiger partial charge in [-0.15, -0.1) is 5.10 Å². The largest absolute Gasteiger partial charge is 0.345 e. The average Bonchev–Trinajstić information content (AvgIpc) is 3.03. The number of aromatic nitrogens is 6. The Morgan fingerprint density at radius 2 is 2.10 bits per heavy atom. The van der Waals surface area contributed by atoms with Gasteiger partial charge in [0.15, 0.2) is 0 Å². The number of pyridine rings is 1. The molecule has 1 N–H and O–H groups in total. The molecule has 3 heterocycles. The van der Waals surface area contributed by atoms with Gasteiger partial charge in [0.05, 0.1) is 30.8 Å². The molecule has 0 aliphatic heterocycles. The lowest BCUT2D eigenvalue weighted by Crippen LogP contribution is -2.24. The molecule has 3 rings (SSSR count). The number of hydrogen-bond acceptors (Lipinski definition) is 6. The van der Waals surface area contributed by atoms with Crippen LogP contribution < -0.4 is 5.32 Å². The summed E-state index contributed by atoms with van der Waals surface area (Å²) in [5, 5.41) is 10.7. The van der Waals surface area contributed by atoms with Gasteiger partial charge in [-0.2, -0.15) is 0 Å². The van der Waals surface area contributed by atoms with Crippen molar-refractivity contribution in [3.05, 3.63) is 60.7 Å². The Kier molecular flexibility index (Phi) is 3.59. The van der Waals surface area contributed by atoms with Gasteiger partial charge >= 0.3 is 0 Å². The minimum Gasteiger partial charge on any atom is -0.345 e. The van der Waals surface area contributed by atoms with Crippen molar-refractivity contribution in [1.29, 1.82) is 0 Å². The van der Waals surface area contributed by atoms with Gasteiger partial charge in [0.1, 0.15) is 11.4 Å². The van der Waals surface area contributed by atoms with E-state index in [1.165, 1.54) is 18.6 Å². The van der Waals surface area contributed by atoms with E-state index >= 15 is 0 Å². The topological polar surface area (TPSA) is 98.5 Å². The van der Waals surface area contributed by atoms with Gasteiger partial charge in [0.25, 0.3) is 5.91 Å². The van der Waals surface area contributed by atoms with Gasteiger partial charge in [-0.1, -0.05) is 5.21 Å². The molecule has 21 heavy (non-hydrogen) atoms. The van der Waals surface area contributed by atoms with Crippen LogP contribution in [0.15, 0.2) is 49.3 Å². The average molecular weight is 281 g/mol. The van der Waals surface area contributed by atoms with Crippen molar-refractivity contribution < 1.29 is 4.79 Å². The second-order valence-electron chi connectivity index (χ2n) is 4.14. The highest BCUT2D eigenvalue weighted by Gasteiger charge is 2.08. The fourth-order valence-electron chi connectivity index (χ4n) is 1.67. The second-order valence-corrected chi connectivity index (χ2v) is 4.14. The van der Waals surface area contributed by atoms with E-state index in [0.29, 0.717) is 5.69 Å². The van der Waals surface area contributed by atoms with Crippen molar-refractivity contribution in [3.63, 3.8) is 0 Å². The summed E-state index contributed by atoms with van der Waals surface area (Å²) < 4.78 is 1.59. The number of rotatable bonds is 4. The van der Waals surface area contributed by atoms with E-state index in [1.807, 2.05) is 12.1 Å². The Labute approximate surface area is 119 Å². The SMILES string of the molecule is O=C(NCc1cn(-c2cccnc2)nn1)c1cnccn1. The summed E-state index contributed by atoms with van der Waals surface area (Å²) in [5.74, 6) is -0.306. The van der Waals surface area contributed by atoms with E-state index in [-0.39, 0.29) is 18.1 Å². The number of nitrogens with one attached hydrogen (secondary N) is 1. The van der Waals surface area contributed by atoms with Crippen LogP contribution in [0.25, 0.3) is 5.69 Å². The molecule has 0 unspecified atom stereocenters. The van der Waals surface area contributed by atoms with Crippen LogP contribution in [0.1, 0.15) is 16.2 Å². The van der Waals surface area contributed by atoms with Gasteiger partial charge in [-0.3, -0.25) is 14.8 Å². The third kappa shape index (κ3) is 3.06. The fourth-order valence-corrected chi connectivity index (χ4v) is 1.67. The van der Waals surface area contributed by atoms with E-state index in [2.05, 4.69) is 30.6 Å². The maximum absolute atomic E-state index is 11.8. The second kappa shape index (κ2) is 5.87. The van der Waals surface area contributed by atoms with Gasteiger partial charge in [-0.25, -0.2) is 9.67 Å². The normalized spacial score (nSPS) is 10.3. The zero-order valence-corrected chi connectivity index (χ0v) is 10.9. The predicted molar refractivity (Wildman–Crippen MR) is 72.4 cm³/mol. The molecule has 0 saturated carbocycles. The molecule has 3 aromatic heterocycles. The molecule has 0 atom stereocenters. The first-order valence-electron chi connectivity index (χ1n) is 6.19. The molecule has 0 aliphatic rings. The summed E-state index contributed by atoms with van der Waals surface area (Å²) in [5.41, 5.74) is 1.70. The molecule has 8 nitrogen and oxygen atoms in total. The zero-order valence-electron chi connectivity index (χ0n) is 10.9. The van der Waals surface area contributed by atoms with E-state index in [0.717, 1.165) is 5.69 Å². The molecular formula is C13H11N7O. The maximum atomic E-state index is 11.8. The summed E-state index contributed by atoms with van der Waals surface area (Å²) >= 11 is 0. The minimum absolute atomic E-state index is 0.260. The van der Waals surface area contributed by atoms with Crippen LogP contribution in [0.5, 0.6) is 0 Å². The van der Waals surface area contributed by atoms with Crippen molar-refractivity contribution in [2.75, 3.05) is 0 Å². The molecule has 0 bridgehead atoms. The first-order chi connectivity index (χ1) is 10.3. The van der Waals surface area contributed by atoms with Crippen LogP contribution >= 0.6 is 0 Å². The van der Waals surface area contributed by atoms with Crippen molar-refractivity contribution in [2.45, 2.75) is 6.54 Å². The Morgan fingerprint density at radius 3 is 2.86 bits per heavy atom. The number of carbonyl (C=O) groups is 1. The third-order valence-electron chi connectivity index (χ3n) is 2.68. The van der Waals surface area contributed by atoms with Crippen LogP contribution in [0.3, 0.4) is 0 Å².